The monoisotopic (exact) mass is 278 g/mol. The predicted molar refractivity (Wildman–Crippen MR) is 71.6 cm³/mol. The summed E-state index contributed by atoms with van der Waals surface area (Å²) in [6.07, 6.45) is 0. The second-order valence-electron chi connectivity index (χ2n) is 4.10. The van der Waals surface area contributed by atoms with Crippen LogP contribution in [0.15, 0.2) is 22.9 Å². The molecule has 0 radical (unpaired) electrons. The molecule has 2 amide bonds. The third kappa shape index (κ3) is 3.41. The number of hydrogen-bond donors (Lipinski definition) is 2. The number of carbonyl (C=O) groups is 2. The van der Waals surface area contributed by atoms with Crippen LogP contribution in [0.5, 0.6) is 0 Å². The van der Waals surface area contributed by atoms with Crippen molar-refractivity contribution in [1.29, 1.82) is 0 Å². The molecular formula is C12H14N4O2S. The summed E-state index contributed by atoms with van der Waals surface area (Å²) in [6, 6.07) is 3.57. The van der Waals surface area contributed by atoms with Gasteiger partial charge in [0.15, 0.2) is 0 Å². The number of thiophene rings is 1. The molecule has 0 atom stereocenters. The van der Waals surface area contributed by atoms with Crippen molar-refractivity contribution in [2.45, 2.75) is 20.4 Å². The standard InChI is InChI=1S/C12H14N4O2S/c1-8-5-9(2)16(15-8)6-11(17)13-14-12(18)10-3-4-19-7-10/h3-5,7H,6H2,1-2H3,(H,13,17)(H,14,18). The number of hydrogen-bond acceptors (Lipinski definition) is 4. The fraction of sp³-hybridized carbons (Fsp3) is 0.250. The van der Waals surface area contributed by atoms with Crippen LogP contribution in [0.4, 0.5) is 0 Å². The first-order valence-electron chi connectivity index (χ1n) is 5.68. The lowest BCUT2D eigenvalue weighted by molar-refractivity contribution is -0.122. The molecule has 0 fully saturated rings. The van der Waals surface area contributed by atoms with Gasteiger partial charge in [0.25, 0.3) is 11.8 Å². The van der Waals surface area contributed by atoms with Gasteiger partial charge in [0.2, 0.25) is 0 Å². The Balaban J connectivity index is 1.85. The number of aromatic nitrogens is 2. The Morgan fingerprint density at radius 2 is 2.16 bits per heavy atom. The SMILES string of the molecule is Cc1cc(C)n(CC(=O)NNC(=O)c2ccsc2)n1. The normalized spacial score (nSPS) is 10.2. The minimum Gasteiger partial charge on any atom is -0.271 e. The molecule has 6 nitrogen and oxygen atoms in total. The molecule has 0 aliphatic carbocycles. The zero-order valence-corrected chi connectivity index (χ0v) is 11.5. The maximum absolute atomic E-state index is 11.7. The third-order valence-electron chi connectivity index (χ3n) is 2.50. The van der Waals surface area contributed by atoms with Gasteiger partial charge in [-0.15, -0.1) is 0 Å². The summed E-state index contributed by atoms with van der Waals surface area (Å²) < 4.78 is 1.58. The molecule has 0 aliphatic heterocycles. The molecule has 100 valence electrons. The lowest BCUT2D eigenvalue weighted by Crippen LogP contribution is -2.43. The summed E-state index contributed by atoms with van der Waals surface area (Å²) in [6.45, 7) is 3.81. The van der Waals surface area contributed by atoms with Gasteiger partial charge < -0.3 is 0 Å². The van der Waals surface area contributed by atoms with Crippen LogP contribution in [-0.2, 0) is 11.3 Å². The van der Waals surface area contributed by atoms with E-state index in [-0.39, 0.29) is 18.4 Å². The van der Waals surface area contributed by atoms with Crippen LogP contribution in [0.25, 0.3) is 0 Å². The summed E-state index contributed by atoms with van der Waals surface area (Å²) in [7, 11) is 0. The second kappa shape index (κ2) is 5.66. The summed E-state index contributed by atoms with van der Waals surface area (Å²) in [5, 5.41) is 7.68. The largest absolute Gasteiger partial charge is 0.271 e. The van der Waals surface area contributed by atoms with Crippen LogP contribution in [-0.4, -0.2) is 21.6 Å². The lowest BCUT2D eigenvalue weighted by Gasteiger charge is -2.07. The first kappa shape index (κ1) is 13.3. The Labute approximate surface area is 114 Å². The van der Waals surface area contributed by atoms with Gasteiger partial charge in [-0.3, -0.25) is 25.1 Å². The fourth-order valence-electron chi connectivity index (χ4n) is 1.60. The number of aryl methyl sites for hydroxylation is 2. The number of nitrogens with one attached hydrogen (secondary N) is 2. The van der Waals surface area contributed by atoms with Crippen LogP contribution in [0.3, 0.4) is 0 Å². The molecule has 0 saturated carbocycles. The number of hydrazine groups is 1. The average molecular weight is 278 g/mol. The van der Waals surface area contributed by atoms with Crippen LogP contribution >= 0.6 is 11.3 Å². The summed E-state index contributed by atoms with van der Waals surface area (Å²) in [4.78, 5) is 23.3. The highest BCUT2D eigenvalue weighted by atomic mass is 32.1. The lowest BCUT2D eigenvalue weighted by atomic mass is 10.3. The van der Waals surface area contributed by atoms with Crippen molar-refractivity contribution in [3.63, 3.8) is 0 Å². The molecule has 0 unspecified atom stereocenters. The van der Waals surface area contributed by atoms with E-state index in [1.807, 2.05) is 19.9 Å². The van der Waals surface area contributed by atoms with Crippen LogP contribution in [0, 0.1) is 13.8 Å². The highest BCUT2D eigenvalue weighted by Gasteiger charge is 2.09. The Bertz CT molecular complexity index is 589. The molecule has 0 saturated heterocycles. The Hall–Kier alpha value is -2.15. The van der Waals surface area contributed by atoms with E-state index in [1.54, 1.807) is 21.5 Å². The number of rotatable bonds is 3. The molecule has 0 aliphatic rings. The summed E-state index contributed by atoms with van der Waals surface area (Å²) in [5.74, 6) is -0.655. The van der Waals surface area contributed by atoms with Gasteiger partial charge in [-0.25, -0.2) is 0 Å². The van der Waals surface area contributed by atoms with E-state index in [0.717, 1.165) is 11.4 Å². The molecule has 7 heteroatoms. The van der Waals surface area contributed by atoms with Crippen LogP contribution in [0.1, 0.15) is 21.7 Å². The maximum atomic E-state index is 11.7. The summed E-state index contributed by atoms with van der Waals surface area (Å²) >= 11 is 1.42. The van der Waals surface area contributed by atoms with Gasteiger partial charge in [0.05, 0.1) is 11.3 Å². The minimum absolute atomic E-state index is 0.0730. The quantitative estimate of drug-likeness (QED) is 0.823. The molecule has 0 aromatic carbocycles. The highest BCUT2D eigenvalue weighted by Crippen LogP contribution is 2.04. The van der Waals surface area contributed by atoms with E-state index in [0.29, 0.717) is 5.56 Å². The number of nitrogens with zero attached hydrogens (tertiary/aromatic N) is 2. The number of carbonyl (C=O) groups excluding carboxylic acids is 2. The average Bonchev–Trinajstić information content (AvgIpc) is 2.97. The topological polar surface area (TPSA) is 76.0 Å². The van der Waals surface area contributed by atoms with Crippen molar-refractivity contribution < 1.29 is 9.59 Å². The minimum atomic E-state index is -0.331. The molecule has 0 spiro atoms. The van der Waals surface area contributed by atoms with Crippen molar-refractivity contribution in [2.75, 3.05) is 0 Å². The van der Waals surface area contributed by atoms with Crippen molar-refractivity contribution in [2.24, 2.45) is 0 Å². The van der Waals surface area contributed by atoms with Gasteiger partial charge >= 0.3 is 0 Å². The van der Waals surface area contributed by atoms with Gasteiger partial charge in [-0.05, 0) is 31.4 Å². The Morgan fingerprint density at radius 3 is 2.74 bits per heavy atom. The molecular weight excluding hydrogens is 264 g/mol. The van der Waals surface area contributed by atoms with Crippen LogP contribution in [0.2, 0.25) is 0 Å². The molecule has 2 aromatic rings. The smallest absolute Gasteiger partial charge is 0.270 e. The van der Waals surface area contributed by atoms with Crippen molar-refractivity contribution in [3.05, 3.63) is 39.8 Å². The van der Waals surface area contributed by atoms with Gasteiger partial charge in [-0.1, -0.05) is 0 Å². The van der Waals surface area contributed by atoms with E-state index >= 15 is 0 Å². The van der Waals surface area contributed by atoms with Gasteiger partial charge in [0.1, 0.15) is 6.54 Å². The van der Waals surface area contributed by atoms with E-state index in [2.05, 4.69) is 16.0 Å². The van der Waals surface area contributed by atoms with E-state index < -0.39 is 0 Å². The van der Waals surface area contributed by atoms with E-state index in [9.17, 15) is 9.59 Å². The first-order valence-corrected chi connectivity index (χ1v) is 6.63. The second-order valence-corrected chi connectivity index (χ2v) is 4.88. The Morgan fingerprint density at radius 1 is 1.37 bits per heavy atom. The molecule has 19 heavy (non-hydrogen) atoms. The van der Waals surface area contributed by atoms with Crippen LogP contribution < -0.4 is 10.9 Å². The van der Waals surface area contributed by atoms with E-state index in [1.165, 1.54) is 11.3 Å². The van der Waals surface area contributed by atoms with Gasteiger partial charge in [-0.2, -0.15) is 16.4 Å². The molecule has 2 heterocycles. The van der Waals surface area contributed by atoms with Crippen molar-refractivity contribution >= 4 is 23.2 Å². The number of amides is 2. The molecule has 2 rings (SSSR count). The van der Waals surface area contributed by atoms with Gasteiger partial charge in [0, 0.05) is 11.1 Å². The molecule has 2 N–H and O–H groups in total. The predicted octanol–water partition coefficient (Wildman–Crippen LogP) is 1.02. The highest BCUT2D eigenvalue weighted by molar-refractivity contribution is 7.08. The van der Waals surface area contributed by atoms with Crippen molar-refractivity contribution in [3.8, 4) is 0 Å². The third-order valence-corrected chi connectivity index (χ3v) is 3.18. The zero-order valence-electron chi connectivity index (χ0n) is 10.6. The first-order chi connectivity index (χ1) is 9.06. The molecule has 0 bridgehead atoms. The van der Waals surface area contributed by atoms with Crippen molar-refractivity contribution in [1.82, 2.24) is 20.6 Å². The summed E-state index contributed by atoms with van der Waals surface area (Å²) in [5.41, 5.74) is 7.00. The Kier molecular flexibility index (Phi) is 3.96. The van der Waals surface area contributed by atoms with E-state index in [4.69, 9.17) is 0 Å². The zero-order chi connectivity index (χ0) is 13.8. The molecule has 2 aromatic heterocycles. The fourth-order valence-corrected chi connectivity index (χ4v) is 2.24. The maximum Gasteiger partial charge on any atom is 0.270 e.